The van der Waals surface area contributed by atoms with E-state index < -0.39 is 17.9 Å². The molecule has 1 heterocycles. The number of carboxylic acids is 1. The first-order chi connectivity index (χ1) is 11.0. The van der Waals surface area contributed by atoms with E-state index in [1.807, 2.05) is 6.07 Å². The number of hydrogen-bond acceptors (Lipinski definition) is 4. The number of carbonyl (C=O) groups is 3. The second kappa shape index (κ2) is 7.62. The highest BCUT2D eigenvalue weighted by Gasteiger charge is 2.27. The van der Waals surface area contributed by atoms with Gasteiger partial charge in [-0.15, -0.1) is 0 Å². The van der Waals surface area contributed by atoms with E-state index in [0.29, 0.717) is 25.1 Å². The minimum Gasteiger partial charge on any atom is -0.497 e. The highest BCUT2D eigenvalue weighted by molar-refractivity contribution is 5.95. The van der Waals surface area contributed by atoms with Crippen LogP contribution in [0, 0.1) is 5.92 Å². The summed E-state index contributed by atoms with van der Waals surface area (Å²) in [7, 11) is 1.54. The highest BCUT2D eigenvalue weighted by atomic mass is 16.5. The van der Waals surface area contributed by atoms with Crippen LogP contribution in [0.2, 0.25) is 0 Å². The molecule has 1 aliphatic heterocycles. The molecular weight excluding hydrogens is 300 g/mol. The first-order valence-corrected chi connectivity index (χ1v) is 7.45. The standard InChI is InChI=1S/C16H20N2O5/c1-23-13-5-2-4-11(9-13)8-12(15(20)21)10-17-16(22)18-7-3-6-14(18)19/h2,4-5,9,12H,3,6-8,10H2,1H3,(H,17,22)(H,20,21). The summed E-state index contributed by atoms with van der Waals surface area (Å²) in [6.07, 6.45) is 1.28. The van der Waals surface area contributed by atoms with Gasteiger partial charge in [-0.05, 0) is 30.5 Å². The average Bonchev–Trinajstić information content (AvgIpc) is 2.97. The number of urea groups is 1. The number of rotatable bonds is 6. The van der Waals surface area contributed by atoms with E-state index in [0.717, 1.165) is 10.5 Å². The van der Waals surface area contributed by atoms with E-state index in [9.17, 15) is 19.5 Å². The Hall–Kier alpha value is -2.57. The smallest absolute Gasteiger partial charge is 0.324 e. The van der Waals surface area contributed by atoms with Crippen molar-refractivity contribution in [3.8, 4) is 5.75 Å². The van der Waals surface area contributed by atoms with Gasteiger partial charge < -0.3 is 15.2 Å². The van der Waals surface area contributed by atoms with E-state index in [1.165, 1.54) is 0 Å². The summed E-state index contributed by atoms with van der Waals surface area (Å²) >= 11 is 0. The number of benzene rings is 1. The summed E-state index contributed by atoms with van der Waals surface area (Å²) in [5.74, 6) is -1.34. The van der Waals surface area contributed by atoms with Gasteiger partial charge in [0.25, 0.3) is 0 Å². The zero-order valence-electron chi connectivity index (χ0n) is 12.9. The summed E-state index contributed by atoms with van der Waals surface area (Å²) in [5.41, 5.74) is 0.809. The molecule has 1 atom stereocenters. The van der Waals surface area contributed by atoms with Gasteiger partial charge in [0.05, 0.1) is 13.0 Å². The maximum Gasteiger partial charge on any atom is 0.324 e. The Morgan fingerprint density at radius 1 is 1.43 bits per heavy atom. The van der Waals surface area contributed by atoms with Crippen molar-refractivity contribution >= 4 is 17.9 Å². The first-order valence-electron chi connectivity index (χ1n) is 7.45. The Morgan fingerprint density at radius 3 is 2.83 bits per heavy atom. The van der Waals surface area contributed by atoms with Crippen molar-refractivity contribution in [1.82, 2.24) is 10.2 Å². The molecule has 1 saturated heterocycles. The quantitative estimate of drug-likeness (QED) is 0.823. The lowest BCUT2D eigenvalue weighted by molar-refractivity contribution is -0.141. The van der Waals surface area contributed by atoms with Crippen LogP contribution in [0.25, 0.3) is 0 Å². The Bertz CT molecular complexity index is 602. The van der Waals surface area contributed by atoms with Gasteiger partial charge in [0.15, 0.2) is 0 Å². The van der Waals surface area contributed by atoms with Gasteiger partial charge in [-0.2, -0.15) is 0 Å². The lowest BCUT2D eigenvalue weighted by Crippen LogP contribution is -2.43. The van der Waals surface area contributed by atoms with Crippen molar-refractivity contribution in [2.75, 3.05) is 20.2 Å². The van der Waals surface area contributed by atoms with E-state index >= 15 is 0 Å². The third-order valence-electron chi connectivity index (χ3n) is 3.78. The SMILES string of the molecule is COc1cccc(CC(CNC(=O)N2CCCC2=O)C(=O)O)c1. The normalized spacial score (nSPS) is 15.3. The topological polar surface area (TPSA) is 95.9 Å². The monoisotopic (exact) mass is 320 g/mol. The van der Waals surface area contributed by atoms with Crippen LogP contribution in [-0.4, -0.2) is 48.1 Å². The number of imide groups is 1. The molecule has 0 aromatic heterocycles. The van der Waals surface area contributed by atoms with Gasteiger partial charge in [-0.3, -0.25) is 14.5 Å². The van der Waals surface area contributed by atoms with Crippen LogP contribution in [-0.2, 0) is 16.0 Å². The number of methoxy groups -OCH3 is 1. The Labute approximate surface area is 134 Å². The molecule has 1 fully saturated rings. The van der Waals surface area contributed by atoms with Crippen molar-refractivity contribution in [3.63, 3.8) is 0 Å². The molecule has 1 aromatic rings. The van der Waals surface area contributed by atoms with E-state index in [4.69, 9.17) is 4.74 Å². The number of nitrogens with one attached hydrogen (secondary N) is 1. The van der Waals surface area contributed by atoms with Gasteiger partial charge >= 0.3 is 12.0 Å². The zero-order valence-corrected chi connectivity index (χ0v) is 12.9. The third-order valence-corrected chi connectivity index (χ3v) is 3.78. The van der Waals surface area contributed by atoms with Gasteiger partial charge in [0.2, 0.25) is 5.91 Å². The number of aliphatic carboxylic acids is 1. The van der Waals surface area contributed by atoms with E-state index in [2.05, 4.69) is 5.32 Å². The number of carbonyl (C=O) groups excluding carboxylic acids is 2. The van der Waals surface area contributed by atoms with Crippen LogP contribution in [0.5, 0.6) is 5.75 Å². The van der Waals surface area contributed by atoms with Crippen LogP contribution in [0.1, 0.15) is 18.4 Å². The lowest BCUT2D eigenvalue weighted by Gasteiger charge is -2.18. The third kappa shape index (κ3) is 4.45. The molecule has 3 amide bonds. The van der Waals surface area contributed by atoms with Crippen LogP contribution < -0.4 is 10.1 Å². The summed E-state index contributed by atoms with van der Waals surface area (Å²) in [5, 5.41) is 11.9. The fourth-order valence-electron chi connectivity index (χ4n) is 2.50. The van der Waals surface area contributed by atoms with Crippen molar-refractivity contribution in [1.29, 1.82) is 0 Å². The molecule has 23 heavy (non-hydrogen) atoms. The molecule has 1 aromatic carbocycles. The van der Waals surface area contributed by atoms with Crippen LogP contribution in [0.3, 0.4) is 0 Å². The maximum atomic E-state index is 11.9. The number of ether oxygens (including phenoxy) is 1. The summed E-state index contributed by atoms with van der Waals surface area (Å²) in [6.45, 7) is 0.355. The molecule has 0 saturated carbocycles. The fraction of sp³-hybridized carbons (Fsp3) is 0.438. The summed E-state index contributed by atoms with van der Waals surface area (Å²) in [6, 6.07) is 6.62. The molecule has 1 unspecified atom stereocenters. The fourth-order valence-corrected chi connectivity index (χ4v) is 2.50. The molecular formula is C16H20N2O5. The minimum absolute atomic E-state index is 0.0326. The molecule has 2 rings (SSSR count). The minimum atomic E-state index is -0.999. The molecule has 7 nitrogen and oxygen atoms in total. The van der Waals surface area contributed by atoms with Crippen molar-refractivity contribution in [2.45, 2.75) is 19.3 Å². The predicted molar refractivity (Wildman–Crippen MR) is 82.2 cm³/mol. The Balaban J connectivity index is 1.94. The Morgan fingerprint density at radius 2 is 2.22 bits per heavy atom. The molecule has 0 aliphatic carbocycles. The summed E-state index contributed by atoms with van der Waals surface area (Å²) in [4.78, 5) is 35.9. The average molecular weight is 320 g/mol. The number of carboxylic acid groups (broad SMARTS) is 1. The van der Waals surface area contributed by atoms with Crippen molar-refractivity contribution in [3.05, 3.63) is 29.8 Å². The molecule has 0 radical (unpaired) electrons. The highest BCUT2D eigenvalue weighted by Crippen LogP contribution is 2.16. The second-order valence-electron chi connectivity index (χ2n) is 5.43. The van der Waals surface area contributed by atoms with Gasteiger partial charge in [0, 0.05) is 19.5 Å². The number of amides is 3. The molecule has 0 bridgehead atoms. The second-order valence-corrected chi connectivity index (χ2v) is 5.43. The van der Waals surface area contributed by atoms with E-state index in [-0.39, 0.29) is 18.9 Å². The predicted octanol–water partition coefficient (Wildman–Crippen LogP) is 1.27. The lowest BCUT2D eigenvalue weighted by atomic mass is 9.99. The van der Waals surface area contributed by atoms with Crippen LogP contribution in [0.4, 0.5) is 4.79 Å². The van der Waals surface area contributed by atoms with Crippen molar-refractivity contribution < 1.29 is 24.2 Å². The molecule has 2 N–H and O–H groups in total. The molecule has 0 spiro atoms. The van der Waals surface area contributed by atoms with E-state index in [1.54, 1.807) is 25.3 Å². The molecule has 7 heteroatoms. The van der Waals surface area contributed by atoms with Gasteiger partial charge in [-0.25, -0.2) is 4.79 Å². The first kappa shape index (κ1) is 16.8. The zero-order chi connectivity index (χ0) is 16.8. The number of likely N-dealkylation sites (tertiary alicyclic amines) is 1. The van der Waals surface area contributed by atoms with Crippen LogP contribution >= 0.6 is 0 Å². The van der Waals surface area contributed by atoms with Gasteiger partial charge in [0.1, 0.15) is 5.75 Å². The molecule has 1 aliphatic rings. The molecule has 124 valence electrons. The largest absolute Gasteiger partial charge is 0.497 e. The number of nitrogens with zero attached hydrogens (tertiary/aromatic N) is 1. The Kier molecular flexibility index (Phi) is 5.56. The van der Waals surface area contributed by atoms with Gasteiger partial charge in [-0.1, -0.05) is 12.1 Å². The maximum absolute atomic E-state index is 11.9. The van der Waals surface area contributed by atoms with Crippen LogP contribution in [0.15, 0.2) is 24.3 Å². The van der Waals surface area contributed by atoms with Crippen molar-refractivity contribution in [2.24, 2.45) is 5.92 Å². The number of hydrogen-bond donors (Lipinski definition) is 2. The summed E-state index contributed by atoms with van der Waals surface area (Å²) < 4.78 is 5.11.